The van der Waals surface area contributed by atoms with Gasteiger partial charge in [0.15, 0.2) is 0 Å². The Labute approximate surface area is 159 Å². The lowest BCUT2D eigenvalue weighted by atomic mass is 10.1. The van der Waals surface area contributed by atoms with Gasteiger partial charge in [-0.05, 0) is 18.2 Å². The Morgan fingerprint density at radius 1 is 1.07 bits per heavy atom. The van der Waals surface area contributed by atoms with Gasteiger partial charge in [0.2, 0.25) is 0 Å². The molecule has 0 unspecified atom stereocenters. The third-order valence-electron chi connectivity index (χ3n) is 3.96. The first-order valence-electron chi connectivity index (χ1n) is 8.16. The van der Waals surface area contributed by atoms with Crippen LogP contribution < -0.4 is 4.72 Å². The Morgan fingerprint density at radius 3 is 2.50 bits per heavy atom. The number of benzene rings is 2. The number of rotatable bonds is 5. The van der Waals surface area contributed by atoms with Crippen molar-refractivity contribution in [3.63, 3.8) is 0 Å². The molecule has 0 bridgehead atoms. The second-order valence-electron chi connectivity index (χ2n) is 5.90. The molecule has 28 heavy (non-hydrogen) atoms. The van der Waals surface area contributed by atoms with Gasteiger partial charge in [0, 0.05) is 11.1 Å². The number of aliphatic imine (C=N–C) groups is 1. The number of ether oxygens (including phenoxy) is 1. The summed E-state index contributed by atoms with van der Waals surface area (Å²) in [7, 11) is -3.67. The van der Waals surface area contributed by atoms with Crippen molar-refractivity contribution < 1.29 is 31.1 Å². The third kappa shape index (κ3) is 4.33. The average molecular weight is 412 g/mol. The fraction of sp³-hybridized carbons (Fsp3) is 0.222. The number of nitrogens with one attached hydrogen (secondary N) is 1. The molecule has 0 radical (unpaired) electrons. The number of carbonyl (C=O) groups is 1. The monoisotopic (exact) mass is 412 g/mol. The SMILES string of the molecule is O=C(CCN=C1NS(=O)(=O)c2ccccc21)OCc1ccccc1C(F)(F)F. The molecule has 148 valence electrons. The molecule has 0 aliphatic carbocycles. The summed E-state index contributed by atoms with van der Waals surface area (Å²) in [5.41, 5.74) is -0.609. The van der Waals surface area contributed by atoms with Gasteiger partial charge in [-0.25, -0.2) is 8.42 Å². The van der Waals surface area contributed by atoms with Gasteiger partial charge in [-0.3, -0.25) is 14.5 Å². The number of fused-ring (bicyclic) bond motifs is 1. The van der Waals surface area contributed by atoms with Crippen LogP contribution in [0, 0.1) is 0 Å². The van der Waals surface area contributed by atoms with Gasteiger partial charge in [-0.1, -0.05) is 30.3 Å². The fourth-order valence-corrected chi connectivity index (χ4v) is 3.91. The first kappa shape index (κ1) is 19.9. The van der Waals surface area contributed by atoms with Crippen LogP contribution in [0.15, 0.2) is 58.4 Å². The summed E-state index contributed by atoms with van der Waals surface area (Å²) in [6.45, 7) is -0.591. The lowest BCUT2D eigenvalue weighted by Gasteiger charge is -2.12. The van der Waals surface area contributed by atoms with Crippen molar-refractivity contribution in [1.29, 1.82) is 0 Å². The summed E-state index contributed by atoms with van der Waals surface area (Å²) in [6.07, 6.45) is -4.75. The van der Waals surface area contributed by atoms with Crippen molar-refractivity contribution in [2.24, 2.45) is 4.99 Å². The lowest BCUT2D eigenvalue weighted by Crippen LogP contribution is -2.22. The Balaban J connectivity index is 1.59. The summed E-state index contributed by atoms with van der Waals surface area (Å²) < 4.78 is 69.9. The van der Waals surface area contributed by atoms with Crippen LogP contribution in [0.25, 0.3) is 0 Å². The zero-order valence-electron chi connectivity index (χ0n) is 14.4. The summed E-state index contributed by atoms with van der Waals surface area (Å²) in [5.74, 6) is -0.624. The van der Waals surface area contributed by atoms with Crippen LogP contribution >= 0.6 is 0 Å². The molecule has 2 aromatic carbocycles. The van der Waals surface area contributed by atoms with E-state index in [1.54, 1.807) is 18.2 Å². The fourth-order valence-electron chi connectivity index (χ4n) is 2.66. The Morgan fingerprint density at radius 2 is 1.75 bits per heavy atom. The zero-order valence-corrected chi connectivity index (χ0v) is 15.2. The minimum absolute atomic E-state index is 0.0774. The van der Waals surface area contributed by atoms with Crippen LogP contribution in [0.4, 0.5) is 13.2 Å². The Kier molecular flexibility index (Phi) is 5.41. The molecule has 0 saturated carbocycles. The van der Waals surface area contributed by atoms with E-state index in [0.29, 0.717) is 5.56 Å². The van der Waals surface area contributed by atoms with Gasteiger partial charge >= 0.3 is 12.1 Å². The highest BCUT2D eigenvalue weighted by Gasteiger charge is 2.33. The standard InChI is InChI=1S/C18H15F3N2O4S/c19-18(20,21)14-7-3-1-5-12(14)11-27-16(24)9-10-22-17-13-6-2-4-8-15(13)28(25,26)23-17/h1-8H,9-11H2,(H,22,23). The molecular formula is C18H15F3N2O4S. The Hall–Kier alpha value is -2.88. The molecule has 1 N–H and O–H groups in total. The molecule has 0 aromatic heterocycles. The number of hydrogen-bond donors (Lipinski definition) is 1. The third-order valence-corrected chi connectivity index (χ3v) is 5.36. The normalized spacial score (nSPS) is 16.5. The van der Waals surface area contributed by atoms with Crippen LogP contribution in [0.3, 0.4) is 0 Å². The molecular weight excluding hydrogens is 397 g/mol. The molecule has 3 rings (SSSR count). The highest BCUT2D eigenvalue weighted by atomic mass is 32.2. The van der Waals surface area contributed by atoms with Gasteiger partial charge in [0.25, 0.3) is 10.0 Å². The maximum absolute atomic E-state index is 12.9. The minimum atomic E-state index is -4.54. The molecule has 1 aliphatic heterocycles. The summed E-state index contributed by atoms with van der Waals surface area (Å²) >= 11 is 0. The molecule has 10 heteroatoms. The quantitative estimate of drug-likeness (QED) is 0.766. The second-order valence-corrected chi connectivity index (χ2v) is 7.55. The van der Waals surface area contributed by atoms with E-state index in [1.807, 2.05) is 0 Å². The first-order valence-corrected chi connectivity index (χ1v) is 9.64. The number of sulfonamides is 1. The highest BCUT2D eigenvalue weighted by Crippen LogP contribution is 2.32. The number of esters is 1. The topological polar surface area (TPSA) is 84.8 Å². The predicted octanol–water partition coefficient (Wildman–Crippen LogP) is 2.88. The van der Waals surface area contributed by atoms with E-state index in [-0.39, 0.29) is 29.3 Å². The second kappa shape index (κ2) is 7.63. The van der Waals surface area contributed by atoms with E-state index in [9.17, 15) is 26.4 Å². The van der Waals surface area contributed by atoms with Crippen LogP contribution in [-0.4, -0.2) is 26.8 Å². The van der Waals surface area contributed by atoms with E-state index in [4.69, 9.17) is 4.74 Å². The van der Waals surface area contributed by atoms with Gasteiger partial charge < -0.3 is 4.74 Å². The van der Waals surface area contributed by atoms with E-state index in [1.165, 1.54) is 24.3 Å². The molecule has 0 saturated heterocycles. The summed E-state index contributed by atoms with van der Waals surface area (Å²) in [4.78, 5) is 16.0. The number of amidine groups is 1. The lowest BCUT2D eigenvalue weighted by molar-refractivity contribution is -0.147. The molecule has 1 heterocycles. The van der Waals surface area contributed by atoms with Gasteiger partial charge in [0.1, 0.15) is 12.4 Å². The smallest absolute Gasteiger partial charge is 0.416 e. The number of nitrogens with zero attached hydrogens (tertiary/aromatic N) is 1. The van der Waals surface area contributed by atoms with Crippen molar-refractivity contribution in [3.8, 4) is 0 Å². The summed E-state index contributed by atoms with van der Waals surface area (Å²) in [6, 6.07) is 11.1. The largest absolute Gasteiger partial charge is 0.461 e. The predicted molar refractivity (Wildman–Crippen MR) is 94.0 cm³/mol. The first-order chi connectivity index (χ1) is 13.2. The van der Waals surface area contributed by atoms with Crippen LogP contribution in [0.2, 0.25) is 0 Å². The molecule has 0 amide bonds. The minimum Gasteiger partial charge on any atom is -0.461 e. The molecule has 2 aromatic rings. The van der Waals surface area contributed by atoms with Crippen molar-refractivity contribution in [3.05, 3.63) is 65.2 Å². The van der Waals surface area contributed by atoms with E-state index in [2.05, 4.69) is 9.71 Å². The van der Waals surface area contributed by atoms with Gasteiger partial charge in [-0.15, -0.1) is 0 Å². The zero-order chi connectivity index (χ0) is 20.4. The summed E-state index contributed by atoms with van der Waals surface area (Å²) in [5, 5.41) is 0. The van der Waals surface area contributed by atoms with Gasteiger partial charge in [-0.2, -0.15) is 13.2 Å². The van der Waals surface area contributed by atoms with Gasteiger partial charge in [0.05, 0.1) is 23.4 Å². The maximum atomic E-state index is 12.9. The molecule has 0 fully saturated rings. The number of carbonyl (C=O) groups excluding carboxylic acids is 1. The van der Waals surface area contributed by atoms with Crippen molar-refractivity contribution >= 4 is 21.8 Å². The molecule has 1 aliphatic rings. The molecule has 0 spiro atoms. The maximum Gasteiger partial charge on any atom is 0.416 e. The number of hydrogen-bond acceptors (Lipinski definition) is 5. The number of alkyl halides is 3. The van der Waals surface area contributed by atoms with Crippen molar-refractivity contribution in [2.75, 3.05) is 6.54 Å². The number of halogens is 3. The molecule has 6 nitrogen and oxygen atoms in total. The Bertz CT molecular complexity index is 1030. The van der Waals surface area contributed by atoms with E-state index >= 15 is 0 Å². The molecule has 0 atom stereocenters. The van der Waals surface area contributed by atoms with Crippen LogP contribution in [0.5, 0.6) is 0 Å². The van der Waals surface area contributed by atoms with E-state index in [0.717, 1.165) is 6.07 Å². The van der Waals surface area contributed by atoms with E-state index < -0.39 is 34.3 Å². The van der Waals surface area contributed by atoms with Crippen LogP contribution in [0.1, 0.15) is 23.1 Å². The van der Waals surface area contributed by atoms with Crippen molar-refractivity contribution in [1.82, 2.24) is 4.72 Å². The highest BCUT2D eigenvalue weighted by molar-refractivity contribution is 7.90. The average Bonchev–Trinajstić information content (AvgIpc) is 2.90. The van der Waals surface area contributed by atoms with Crippen LogP contribution in [-0.2, 0) is 32.3 Å². The van der Waals surface area contributed by atoms with Crippen molar-refractivity contribution in [2.45, 2.75) is 24.1 Å².